The van der Waals surface area contributed by atoms with Crippen LogP contribution in [0.25, 0.3) is 0 Å². The Labute approximate surface area is 136 Å². The molecule has 1 aliphatic heterocycles. The van der Waals surface area contributed by atoms with Gasteiger partial charge in [0.1, 0.15) is 0 Å². The maximum atomic E-state index is 12.6. The summed E-state index contributed by atoms with van der Waals surface area (Å²) in [7, 11) is 0. The third-order valence-corrected chi connectivity index (χ3v) is 5.14. The number of benzene rings is 1. The number of carbonyl (C=O) groups excluding carboxylic acids is 1. The van der Waals surface area contributed by atoms with Gasteiger partial charge >= 0.3 is 0 Å². The summed E-state index contributed by atoms with van der Waals surface area (Å²) in [6, 6.07) is 10.2. The standard InChI is InChI=1S/C18H22N2OS/c1-2-14-10-13-22-17(14)18(21)19-15-8-4-5-9-16(15)20-11-6-3-7-12-20/h4-5,8-10,13H,2-3,6-7,11-12H2,1H3,(H,19,21). The lowest BCUT2D eigenvalue weighted by Crippen LogP contribution is -2.30. The molecule has 2 aromatic rings. The predicted octanol–water partition coefficient (Wildman–Crippen LogP) is 4.55. The molecule has 116 valence electrons. The fraction of sp³-hybridized carbons (Fsp3) is 0.389. The van der Waals surface area contributed by atoms with E-state index in [1.54, 1.807) is 0 Å². The van der Waals surface area contributed by atoms with E-state index in [0.717, 1.165) is 41.3 Å². The molecule has 1 aromatic carbocycles. The van der Waals surface area contributed by atoms with E-state index < -0.39 is 0 Å². The molecule has 4 heteroatoms. The minimum atomic E-state index is 0.0105. The van der Waals surface area contributed by atoms with E-state index >= 15 is 0 Å². The average molecular weight is 314 g/mol. The molecular formula is C18H22N2OS. The summed E-state index contributed by atoms with van der Waals surface area (Å²) >= 11 is 1.52. The van der Waals surface area contributed by atoms with E-state index in [1.807, 2.05) is 29.6 Å². The first kappa shape index (κ1) is 15.1. The van der Waals surface area contributed by atoms with Crippen molar-refractivity contribution in [2.24, 2.45) is 0 Å². The van der Waals surface area contributed by atoms with Crippen LogP contribution >= 0.6 is 11.3 Å². The minimum Gasteiger partial charge on any atom is -0.370 e. The Morgan fingerprint density at radius 3 is 2.73 bits per heavy atom. The van der Waals surface area contributed by atoms with E-state index in [4.69, 9.17) is 0 Å². The highest BCUT2D eigenvalue weighted by molar-refractivity contribution is 7.12. The maximum absolute atomic E-state index is 12.6. The Balaban J connectivity index is 1.81. The van der Waals surface area contributed by atoms with E-state index in [1.165, 1.54) is 30.6 Å². The zero-order valence-corrected chi connectivity index (χ0v) is 13.8. The molecule has 2 heterocycles. The first-order chi connectivity index (χ1) is 10.8. The van der Waals surface area contributed by atoms with Gasteiger partial charge in [0.05, 0.1) is 16.3 Å². The molecule has 1 fully saturated rings. The fourth-order valence-corrected chi connectivity index (χ4v) is 3.87. The number of amides is 1. The number of hydrogen-bond acceptors (Lipinski definition) is 3. The molecule has 1 N–H and O–H groups in total. The van der Waals surface area contributed by atoms with Crippen LogP contribution in [0.4, 0.5) is 11.4 Å². The molecule has 0 bridgehead atoms. The van der Waals surface area contributed by atoms with Gasteiger partial charge in [-0.15, -0.1) is 11.3 Å². The monoisotopic (exact) mass is 314 g/mol. The van der Waals surface area contributed by atoms with Crippen LogP contribution in [0.2, 0.25) is 0 Å². The van der Waals surface area contributed by atoms with Crippen LogP contribution in [-0.4, -0.2) is 19.0 Å². The van der Waals surface area contributed by atoms with Gasteiger partial charge in [0.2, 0.25) is 0 Å². The van der Waals surface area contributed by atoms with Crippen molar-refractivity contribution in [2.75, 3.05) is 23.3 Å². The van der Waals surface area contributed by atoms with Crippen molar-refractivity contribution in [3.8, 4) is 0 Å². The number of aryl methyl sites for hydroxylation is 1. The Morgan fingerprint density at radius 1 is 1.18 bits per heavy atom. The number of anilines is 2. The van der Waals surface area contributed by atoms with Crippen molar-refractivity contribution in [3.05, 3.63) is 46.2 Å². The highest BCUT2D eigenvalue weighted by Gasteiger charge is 2.17. The second kappa shape index (κ2) is 6.97. The van der Waals surface area contributed by atoms with Gasteiger partial charge in [0, 0.05) is 13.1 Å². The molecule has 1 saturated heterocycles. The Hall–Kier alpha value is -1.81. The summed E-state index contributed by atoms with van der Waals surface area (Å²) in [5.74, 6) is 0.0105. The zero-order chi connectivity index (χ0) is 15.4. The van der Waals surface area contributed by atoms with E-state index in [0.29, 0.717) is 0 Å². The Kier molecular flexibility index (Phi) is 4.78. The van der Waals surface area contributed by atoms with Crippen molar-refractivity contribution >= 4 is 28.6 Å². The van der Waals surface area contributed by atoms with Crippen LogP contribution in [0.1, 0.15) is 41.4 Å². The van der Waals surface area contributed by atoms with Crippen LogP contribution in [0.15, 0.2) is 35.7 Å². The second-order valence-corrected chi connectivity index (χ2v) is 6.56. The third kappa shape index (κ3) is 3.17. The lowest BCUT2D eigenvalue weighted by atomic mass is 10.1. The van der Waals surface area contributed by atoms with Crippen molar-refractivity contribution in [3.63, 3.8) is 0 Å². The lowest BCUT2D eigenvalue weighted by Gasteiger charge is -2.30. The molecule has 1 aromatic heterocycles. The smallest absolute Gasteiger partial charge is 0.266 e. The third-order valence-electron chi connectivity index (χ3n) is 4.18. The molecule has 3 nitrogen and oxygen atoms in total. The van der Waals surface area contributed by atoms with Gasteiger partial charge in [-0.1, -0.05) is 19.1 Å². The SMILES string of the molecule is CCc1ccsc1C(=O)Nc1ccccc1N1CCCCC1. The molecule has 0 aliphatic carbocycles. The number of nitrogens with zero attached hydrogens (tertiary/aromatic N) is 1. The van der Waals surface area contributed by atoms with Crippen molar-refractivity contribution in [2.45, 2.75) is 32.6 Å². The largest absolute Gasteiger partial charge is 0.370 e. The van der Waals surface area contributed by atoms with Crippen molar-refractivity contribution < 1.29 is 4.79 Å². The normalized spacial score (nSPS) is 14.9. The number of hydrogen-bond donors (Lipinski definition) is 1. The van der Waals surface area contributed by atoms with Gasteiger partial charge in [-0.05, 0) is 54.8 Å². The number of nitrogens with one attached hydrogen (secondary N) is 1. The minimum absolute atomic E-state index is 0.0105. The predicted molar refractivity (Wildman–Crippen MR) is 94.2 cm³/mol. The summed E-state index contributed by atoms with van der Waals surface area (Å²) in [5.41, 5.74) is 3.19. The molecule has 0 saturated carbocycles. The average Bonchev–Trinajstić information content (AvgIpc) is 3.05. The highest BCUT2D eigenvalue weighted by atomic mass is 32.1. The summed E-state index contributed by atoms with van der Waals surface area (Å²) in [6.45, 7) is 4.23. The quantitative estimate of drug-likeness (QED) is 0.897. The highest BCUT2D eigenvalue weighted by Crippen LogP contribution is 2.29. The van der Waals surface area contributed by atoms with E-state index in [9.17, 15) is 4.79 Å². The summed E-state index contributed by atoms with van der Waals surface area (Å²) < 4.78 is 0. The van der Waals surface area contributed by atoms with Crippen LogP contribution in [-0.2, 0) is 6.42 Å². The number of para-hydroxylation sites is 2. The number of rotatable bonds is 4. The van der Waals surface area contributed by atoms with Crippen LogP contribution < -0.4 is 10.2 Å². The summed E-state index contributed by atoms with van der Waals surface area (Å²) in [5, 5.41) is 5.11. The molecule has 0 radical (unpaired) electrons. The molecule has 3 rings (SSSR count). The van der Waals surface area contributed by atoms with E-state index in [-0.39, 0.29) is 5.91 Å². The van der Waals surface area contributed by atoms with Gasteiger partial charge in [-0.2, -0.15) is 0 Å². The van der Waals surface area contributed by atoms with Crippen LogP contribution in [0, 0.1) is 0 Å². The van der Waals surface area contributed by atoms with E-state index in [2.05, 4.69) is 23.2 Å². The fourth-order valence-electron chi connectivity index (χ4n) is 2.98. The number of piperidine rings is 1. The number of thiophene rings is 1. The first-order valence-electron chi connectivity index (χ1n) is 8.01. The maximum Gasteiger partial charge on any atom is 0.266 e. The summed E-state index contributed by atoms with van der Waals surface area (Å²) in [4.78, 5) is 15.8. The van der Waals surface area contributed by atoms with Crippen molar-refractivity contribution in [1.82, 2.24) is 0 Å². The first-order valence-corrected chi connectivity index (χ1v) is 8.89. The zero-order valence-electron chi connectivity index (χ0n) is 13.0. The van der Waals surface area contributed by atoms with Gasteiger partial charge in [-0.3, -0.25) is 4.79 Å². The van der Waals surface area contributed by atoms with Crippen LogP contribution in [0.3, 0.4) is 0 Å². The molecular weight excluding hydrogens is 292 g/mol. The number of carbonyl (C=O) groups is 1. The van der Waals surface area contributed by atoms with Gasteiger partial charge in [0.25, 0.3) is 5.91 Å². The van der Waals surface area contributed by atoms with Gasteiger partial charge in [0.15, 0.2) is 0 Å². The Morgan fingerprint density at radius 2 is 1.95 bits per heavy atom. The topological polar surface area (TPSA) is 32.3 Å². The van der Waals surface area contributed by atoms with Gasteiger partial charge < -0.3 is 10.2 Å². The molecule has 0 spiro atoms. The molecule has 1 amide bonds. The molecule has 0 unspecified atom stereocenters. The van der Waals surface area contributed by atoms with Crippen molar-refractivity contribution in [1.29, 1.82) is 0 Å². The molecule has 1 aliphatic rings. The molecule has 22 heavy (non-hydrogen) atoms. The van der Waals surface area contributed by atoms with Gasteiger partial charge in [-0.25, -0.2) is 0 Å². The second-order valence-electron chi connectivity index (χ2n) is 5.65. The Bertz CT molecular complexity index is 644. The summed E-state index contributed by atoms with van der Waals surface area (Å²) in [6.07, 6.45) is 4.65. The lowest BCUT2D eigenvalue weighted by molar-refractivity contribution is 0.103. The van der Waals surface area contributed by atoms with Crippen LogP contribution in [0.5, 0.6) is 0 Å². The molecule has 0 atom stereocenters.